The maximum atomic E-state index is 12.6. The van der Waals surface area contributed by atoms with E-state index in [9.17, 15) is 8.42 Å². The van der Waals surface area contributed by atoms with Crippen LogP contribution in [0, 0.1) is 6.92 Å². The van der Waals surface area contributed by atoms with Crippen molar-refractivity contribution < 1.29 is 8.42 Å². The van der Waals surface area contributed by atoms with Gasteiger partial charge in [0.05, 0.1) is 4.90 Å². The Balaban J connectivity index is 2.12. The number of sulfonamides is 1. The van der Waals surface area contributed by atoms with Crippen LogP contribution in [0.5, 0.6) is 0 Å². The molecular weight excluding hydrogens is 304 g/mol. The molecule has 0 bridgehead atoms. The van der Waals surface area contributed by atoms with Crippen LogP contribution in [0.3, 0.4) is 0 Å². The van der Waals surface area contributed by atoms with Crippen molar-refractivity contribution in [1.82, 2.24) is 10.0 Å². The van der Waals surface area contributed by atoms with Gasteiger partial charge in [-0.1, -0.05) is 13.8 Å². The molecule has 1 aromatic rings. The summed E-state index contributed by atoms with van der Waals surface area (Å²) in [6.45, 7) is 7.77. The summed E-state index contributed by atoms with van der Waals surface area (Å²) in [5.74, 6) is 0. The molecule has 0 amide bonds. The molecule has 1 saturated carbocycles. The third-order valence-corrected chi connectivity index (χ3v) is 7.16. The van der Waals surface area contributed by atoms with E-state index in [4.69, 9.17) is 0 Å². The lowest BCUT2D eigenvalue weighted by atomic mass is 9.76. The molecule has 2 rings (SSSR count). The van der Waals surface area contributed by atoms with E-state index >= 15 is 0 Å². The summed E-state index contributed by atoms with van der Waals surface area (Å²) >= 11 is 1.57. The van der Waals surface area contributed by atoms with Crippen molar-refractivity contribution in [3.8, 4) is 0 Å². The summed E-state index contributed by atoms with van der Waals surface area (Å²) in [7, 11) is -3.40. The van der Waals surface area contributed by atoms with E-state index in [2.05, 4.69) is 23.9 Å². The Morgan fingerprint density at radius 2 is 2.05 bits per heavy atom. The first-order valence-corrected chi connectivity index (χ1v) is 10.1. The maximum Gasteiger partial charge on any atom is 0.242 e. The van der Waals surface area contributed by atoms with Crippen LogP contribution < -0.4 is 10.0 Å². The summed E-state index contributed by atoms with van der Waals surface area (Å²) in [6.07, 6.45) is 4.97. The molecule has 1 fully saturated rings. The zero-order valence-corrected chi connectivity index (χ0v) is 14.8. The van der Waals surface area contributed by atoms with Crippen LogP contribution in [-0.4, -0.2) is 20.5 Å². The van der Waals surface area contributed by atoms with Crippen molar-refractivity contribution in [3.05, 3.63) is 15.8 Å². The van der Waals surface area contributed by atoms with Gasteiger partial charge in [0, 0.05) is 21.8 Å². The van der Waals surface area contributed by atoms with Gasteiger partial charge in [-0.3, -0.25) is 0 Å². The van der Waals surface area contributed by atoms with Crippen molar-refractivity contribution in [3.63, 3.8) is 0 Å². The highest BCUT2D eigenvalue weighted by Gasteiger charge is 2.39. The first-order chi connectivity index (χ1) is 9.92. The Bertz CT molecular complexity index is 569. The average molecular weight is 331 g/mol. The van der Waals surface area contributed by atoms with Gasteiger partial charge in [0.15, 0.2) is 0 Å². The first-order valence-electron chi connectivity index (χ1n) is 7.76. The zero-order chi connectivity index (χ0) is 15.5. The molecule has 120 valence electrons. The standard InChI is InChI=1S/C15H26N2O2S2/c1-4-9-16-11-13-10-14(12(3)20-13)21(18,19)17-15(5-2)7-6-8-15/h10,16-17H,4-9,11H2,1-3H3. The Labute approximate surface area is 132 Å². The lowest BCUT2D eigenvalue weighted by Crippen LogP contribution is -2.52. The lowest BCUT2D eigenvalue weighted by molar-refractivity contribution is 0.214. The number of rotatable bonds is 8. The molecule has 4 nitrogen and oxygen atoms in total. The van der Waals surface area contributed by atoms with Crippen molar-refractivity contribution in [2.75, 3.05) is 6.54 Å². The monoisotopic (exact) mass is 330 g/mol. The van der Waals surface area contributed by atoms with Crippen molar-refractivity contribution >= 4 is 21.4 Å². The van der Waals surface area contributed by atoms with E-state index in [0.717, 1.165) is 54.9 Å². The summed E-state index contributed by atoms with van der Waals surface area (Å²) in [5, 5.41) is 3.32. The molecule has 1 heterocycles. The van der Waals surface area contributed by atoms with Crippen LogP contribution in [0.25, 0.3) is 0 Å². The smallest absolute Gasteiger partial charge is 0.242 e. The number of aryl methyl sites for hydroxylation is 1. The highest BCUT2D eigenvalue weighted by molar-refractivity contribution is 7.89. The molecule has 0 atom stereocenters. The summed E-state index contributed by atoms with van der Waals surface area (Å²) in [6, 6.07) is 1.83. The normalized spacial score (nSPS) is 17.7. The highest BCUT2D eigenvalue weighted by atomic mass is 32.2. The number of thiophene rings is 1. The van der Waals surface area contributed by atoms with Gasteiger partial charge in [-0.15, -0.1) is 11.3 Å². The second-order valence-corrected chi connectivity index (χ2v) is 8.89. The molecule has 1 aromatic heterocycles. The minimum absolute atomic E-state index is 0.201. The van der Waals surface area contributed by atoms with Crippen LogP contribution in [0.4, 0.5) is 0 Å². The Hall–Kier alpha value is -0.430. The highest BCUT2D eigenvalue weighted by Crippen LogP contribution is 2.37. The fraction of sp³-hybridized carbons (Fsp3) is 0.733. The molecule has 6 heteroatoms. The van der Waals surface area contributed by atoms with Crippen LogP contribution >= 0.6 is 11.3 Å². The molecule has 2 N–H and O–H groups in total. The summed E-state index contributed by atoms with van der Waals surface area (Å²) in [4.78, 5) is 2.42. The molecule has 0 unspecified atom stereocenters. The molecule has 1 aliphatic carbocycles. The fourth-order valence-corrected chi connectivity index (χ4v) is 5.87. The van der Waals surface area contributed by atoms with Crippen molar-refractivity contribution in [2.24, 2.45) is 0 Å². The predicted octanol–water partition coefficient (Wildman–Crippen LogP) is 3.17. The molecule has 0 spiro atoms. The molecular formula is C15H26N2O2S2. The molecule has 0 radical (unpaired) electrons. The van der Waals surface area contributed by atoms with Gasteiger partial charge in [-0.2, -0.15) is 0 Å². The Kier molecular flexibility index (Phi) is 5.46. The summed E-state index contributed by atoms with van der Waals surface area (Å²) < 4.78 is 28.2. The van der Waals surface area contributed by atoms with E-state index < -0.39 is 10.0 Å². The Morgan fingerprint density at radius 1 is 1.33 bits per heavy atom. The minimum Gasteiger partial charge on any atom is -0.312 e. The van der Waals surface area contributed by atoms with E-state index in [1.54, 1.807) is 11.3 Å². The van der Waals surface area contributed by atoms with Crippen LogP contribution in [-0.2, 0) is 16.6 Å². The topological polar surface area (TPSA) is 58.2 Å². The van der Waals surface area contributed by atoms with Gasteiger partial charge in [0.25, 0.3) is 0 Å². The van der Waals surface area contributed by atoms with Gasteiger partial charge in [-0.25, -0.2) is 13.1 Å². The third-order valence-electron chi connectivity index (χ3n) is 4.28. The van der Waals surface area contributed by atoms with Gasteiger partial charge >= 0.3 is 0 Å². The van der Waals surface area contributed by atoms with Gasteiger partial charge in [-0.05, 0) is 51.6 Å². The zero-order valence-electron chi connectivity index (χ0n) is 13.2. The maximum absolute atomic E-state index is 12.6. The van der Waals surface area contributed by atoms with Gasteiger partial charge in [0.2, 0.25) is 10.0 Å². The number of hydrogen-bond donors (Lipinski definition) is 2. The molecule has 0 aromatic carbocycles. The van der Waals surface area contributed by atoms with Crippen molar-refractivity contribution in [2.45, 2.75) is 69.9 Å². The quantitative estimate of drug-likeness (QED) is 0.720. The summed E-state index contributed by atoms with van der Waals surface area (Å²) in [5.41, 5.74) is -0.201. The van der Waals surface area contributed by atoms with E-state index in [-0.39, 0.29) is 5.54 Å². The van der Waals surface area contributed by atoms with Crippen molar-refractivity contribution in [1.29, 1.82) is 0 Å². The van der Waals surface area contributed by atoms with E-state index in [0.29, 0.717) is 4.90 Å². The lowest BCUT2D eigenvalue weighted by Gasteiger charge is -2.41. The molecule has 0 aliphatic heterocycles. The van der Waals surface area contributed by atoms with Gasteiger partial charge in [0.1, 0.15) is 0 Å². The average Bonchev–Trinajstić information content (AvgIpc) is 2.76. The second kappa shape index (κ2) is 6.77. The van der Waals surface area contributed by atoms with Gasteiger partial charge < -0.3 is 5.32 Å². The fourth-order valence-electron chi connectivity index (χ4n) is 2.74. The van der Waals surface area contributed by atoms with Crippen LogP contribution in [0.15, 0.2) is 11.0 Å². The van der Waals surface area contributed by atoms with E-state index in [1.807, 2.05) is 13.0 Å². The van der Waals surface area contributed by atoms with Crippen LogP contribution in [0.2, 0.25) is 0 Å². The molecule has 21 heavy (non-hydrogen) atoms. The first kappa shape index (κ1) is 16.9. The SMILES string of the molecule is CCCNCc1cc(S(=O)(=O)NC2(CC)CCC2)c(C)s1. The second-order valence-electron chi connectivity index (χ2n) is 5.90. The predicted molar refractivity (Wildman–Crippen MR) is 88.2 cm³/mol. The molecule has 1 aliphatic rings. The minimum atomic E-state index is -3.40. The number of hydrogen-bond acceptors (Lipinski definition) is 4. The van der Waals surface area contributed by atoms with E-state index in [1.165, 1.54) is 0 Å². The number of nitrogens with one attached hydrogen (secondary N) is 2. The third kappa shape index (κ3) is 3.86. The molecule has 0 saturated heterocycles. The largest absolute Gasteiger partial charge is 0.312 e. The Morgan fingerprint density at radius 3 is 2.57 bits per heavy atom. The van der Waals surface area contributed by atoms with Crippen LogP contribution in [0.1, 0.15) is 55.7 Å².